The third-order valence-corrected chi connectivity index (χ3v) is 4.02. The van der Waals surface area contributed by atoms with Crippen molar-refractivity contribution in [2.45, 2.75) is 45.1 Å². The summed E-state index contributed by atoms with van der Waals surface area (Å²) < 4.78 is 11.2. The second-order valence-electron chi connectivity index (χ2n) is 5.71. The van der Waals surface area contributed by atoms with E-state index in [0.717, 1.165) is 32.3 Å². The number of hydrogen-bond donors (Lipinski definition) is 1. The molecule has 1 saturated heterocycles. The largest absolute Gasteiger partial charge is 0.463 e. The molecule has 0 radical (unpaired) electrons. The molecule has 2 aliphatic rings. The average Bonchev–Trinajstić information content (AvgIpc) is 3.10. The van der Waals surface area contributed by atoms with E-state index in [1.807, 2.05) is 0 Å². The highest BCUT2D eigenvalue weighted by atomic mass is 16.5. The lowest BCUT2D eigenvalue weighted by Crippen LogP contribution is -2.35. The van der Waals surface area contributed by atoms with Crippen molar-refractivity contribution in [3.63, 3.8) is 0 Å². The third kappa shape index (κ3) is 2.99. The number of unbranched alkanes of at least 4 members (excludes halogenated alkanes) is 1. The minimum atomic E-state index is -0.00259. The Hall–Kier alpha value is -1.89. The van der Waals surface area contributed by atoms with Crippen LogP contribution in [0.4, 0.5) is 11.6 Å². The summed E-state index contributed by atoms with van der Waals surface area (Å²) in [4.78, 5) is 22.5. The molecule has 3 rings (SSSR count). The lowest BCUT2D eigenvalue weighted by atomic mass is 10.2. The Morgan fingerprint density at radius 2 is 2.32 bits per heavy atom. The second kappa shape index (κ2) is 6.48. The smallest absolute Gasteiger partial charge is 0.320 e. The molecule has 120 valence electrons. The van der Waals surface area contributed by atoms with Crippen molar-refractivity contribution in [2.75, 3.05) is 30.4 Å². The molecule has 1 unspecified atom stereocenters. The zero-order valence-electron chi connectivity index (χ0n) is 12.9. The van der Waals surface area contributed by atoms with E-state index in [2.05, 4.69) is 16.9 Å². The molecule has 1 aromatic heterocycles. The molecule has 2 aliphatic heterocycles. The van der Waals surface area contributed by atoms with Crippen LogP contribution in [0.15, 0.2) is 0 Å². The molecule has 0 aromatic carbocycles. The number of carbonyl (C=O) groups is 1. The minimum Gasteiger partial charge on any atom is -0.463 e. The number of nitrogens with two attached hydrogens (primary N) is 1. The lowest BCUT2D eigenvalue weighted by Gasteiger charge is -2.20. The summed E-state index contributed by atoms with van der Waals surface area (Å²) in [6.07, 6.45) is 4.30. The predicted molar refractivity (Wildman–Crippen MR) is 81.9 cm³/mol. The van der Waals surface area contributed by atoms with Crippen molar-refractivity contribution < 1.29 is 14.3 Å². The van der Waals surface area contributed by atoms with Crippen molar-refractivity contribution in [1.29, 1.82) is 0 Å². The van der Waals surface area contributed by atoms with Gasteiger partial charge in [0.2, 0.25) is 5.91 Å². The monoisotopic (exact) mass is 306 g/mol. The van der Waals surface area contributed by atoms with Crippen LogP contribution < -0.4 is 15.4 Å². The maximum absolute atomic E-state index is 12.2. The Balaban J connectivity index is 1.79. The number of hydrogen-bond acceptors (Lipinski definition) is 6. The van der Waals surface area contributed by atoms with Crippen molar-refractivity contribution >= 4 is 17.5 Å². The van der Waals surface area contributed by atoms with Gasteiger partial charge in [-0.05, 0) is 19.3 Å². The van der Waals surface area contributed by atoms with E-state index in [4.69, 9.17) is 15.2 Å². The number of carbonyl (C=O) groups excluding carboxylic acids is 1. The highest BCUT2D eigenvalue weighted by molar-refractivity contribution is 6.01. The maximum Gasteiger partial charge on any atom is 0.320 e. The fourth-order valence-electron chi connectivity index (χ4n) is 2.78. The molecule has 0 bridgehead atoms. The molecule has 7 nitrogen and oxygen atoms in total. The van der Waals surface area contributed by atoms with E-state index in [9.17, 15) is 4.79 Å². The average molecular weight is 306 g/mol. The van der Waals surface area contributed by atoms with Gasteiger partial charge in [0.25, 0.3) is 0 Å². The van der Waals surface area contributed by atoms with E-state index in [1.165, 1.54) is 0 Å². The summed E-state index contributed by atoms with van der Waals surface area (Å²) in [6, 6.07) is 0.247. The first kappa shape index (κ1) is 15.0. The van der Waals surface area contributed by atoms with E-state index in [1.54, 1.807) is 4.90 Å². The van der Waals surface area contributed by atoms with E-state index in [-0.39, 0.29) is 24.4 Å². The molecular weight excluding hydrogens is 284 g/mol. The standard InChI is InChI=1S/C15H22N4O3/c1-2-3-6-22-15-17-13(16)11-8-12(20)19(14(11)18-15)9-10-5-4-7-21-10/h10H,2-9H2,1H3,(H2,16,17,18). The highest BCUT2D eigenvalue weighted by Gasteiger charge is 2.34. The first-order chi connectivity index (χ1) is 10.7. The van der Waals surface area contributed by atoms with Gasteiger partial charge in [-0.1, -0.05) is 13.3 Å². The van der Waals surface area contributed by atoms with E-state index in [0.29, 0.717) is 30.4 Å². The van der Waals surface area contributed by atoms with Crippen molar-refractivity contribution in [1.82, 2.24) is 9.97 Å². The van der Waals surface area contributed by atoms with Crippen LogP contribution in [-0.2, 0) is 16.0 Å². The molecule has 1 amide bonds. The summed E-state index contributed by atoms with van der Waals surface area (Å²) in [6.45, 7) is 3.92. The normalized spacial score (nSPS) is 20.5. The third-order valence-electron chi connectivity index (χ3n) is 4.02. The van der Waals surface area contributed by atoms with Crippen LogP contribution in [-0.4, -0.2) is 41.7 Å². The van der Waals surface area contributed by atoms with Gasteiger partial charge in [-0.3, -0.25) is 9.69 Å². The Labute approximate surface area is 129 Å². The van der Waals surface area contributed by atoms with E-state index >= 15 is 0 Å². The van der Waals surface area contributed by atoms with Gasteiger partial charge >= 0.3 is 6.01 Å². The molecule has 22 heavy (non-hydrogen) atoms. The predicted octanol–water partition coefficient (Wildman–Crippen LogP) is 1.31. The van der Waals surface area contributed by atoms with Crippen molar-refractivity contribution in [2.24, 2.45) is 0 Å². The van der Waals surface area contributed by atoms with Crippen LogP contribution in [0.3, 0.4) is 0 Å². The fourth-order valence-corrected chi connectivity index (χ4v) is 2.78. The molecular formula is C15H22N4O3. The Morgan fingerprint density at radius 3 is 3.05 bits per heavy atom. The van der Waals surface area contributed by atoms with Crippen LogP contribution in [0.1, 0.15) is 38.2 Å². The van der Waals surface area contributed by atoms with Crippen molar-refractivity contribution in [3.05, 3.63) is 5.56 Å². The molecule has 1 fully saturated rings. The first-order valence-corrected chi connectivity index (χ1v) is 7.90. The molecule has 2 N–H and O–H groups in total. The molecule has 3 heterocycles. The molecule has 0 spiro atoms. The number of amides is 1. The Bertz CT molecular complexity index is 558. The summed E-state index contributed by atoms with van der Waals surface area (Å²) in [5, 5.41) is 0. The number of fused-ring (bicyclic) bond motifs is 1. The van der Waals surface area contributed by atoms with Crippen molar-refractivity contribution in [3.8, 4) is 6.01 Å². The Kier molecular flexibility index (Phi) is 4.42. The first-order valence-electron chi connectivity index (χ1n) is 7.90. The zero-order chi connectivity index (χ0) is 15.5. The zero-order valence-corrected chi connectivity index (χ0v) is 12.9. The summed E-state index contributed by atoms with van der Waals surface area (Å²) >= 11 is 0. The quantitative estimate of drug-likeness (QED) is 0.797. The van der Waals surface area contributed by atoms with Gasteiger partial charge < -0.3 is 15.2 Å². The van der Waals surface area contributed by atoms with Crippen LogP contribution in [0, 0.1) is 0 Å². The highest BCUT2D eigenvalue weighted by Crippen LogP contribution is 2.33. The topological polar surface area (TPSA) is 90.6 Å². The molecule has 7 heteroatoms. The summed E-state index contributed by atoms with van der Waals surface area (Å²) in [5.41, 5.74) is 6.67. The lowest BCUT2D eigenvalue weighted by molar-refractivity contribution is -0.117. The van der Waals surface area contributed by atoms with Gasteiger partial charge in [0.05, 0.1) is 25.7 Å². The number of aromatic nitrogens is 2. The summed E-state index contributed by atoms with van der Waals surface area (Å²) in [5.74, 6) is 0.913. The molecule has 0 aliphatic carbocycles. The van der Waals surface area contributed by atoms with Gasteiger partial charge in [0.15, 0.2) is 0 Å². The molecule has 1 atom stereocenters. The molecule has 0 saturated carbocycles. The maximum atomic E-state index is 12.2. The number of ether oxygens (including phenoxy) is 2. The van der Waals surface area contributed by atoms with Gasteiger partial charge in [-0.15, -0.1) is 0 Å². The van der Waals surface area contributed by atoms with Crippen LogP contribution >= 0.6 is 0 Å². The number of nitrogens with zero attached hydrogens (tertiary/aromatic N) is 3. The number of anilines is 2. The van der Waals surface area contributed by atoms with Gasteiger partial charge in [-0.2, -0.15) is 9.97 Å². The minimum absolute atomic E-state index is 0.00259. The SMILES string of the molecule is CCCCOc1nc(N)c2c(n1)N(CC1CCCO1)C(=O)C2. The van der Waals surface area contributed by atoms with Crippen LogP contribution in [0.5, 0.6) is 6.01 Å². The van der Waals surface area contributed by atoms with Gasteiger partial charge in [0, 0.05) is 12.2 Å². The second-order valence-corrected chi connectivity index (χ2v) is 5.71. The fraction of sp³-hybridized carbons (Fsp3) is 0.667. The Morgan fingerprint density at radius 1 is 1.45 bits per heavy atom. The summed E-state index contributed by atoms with van der Waals surface area (Å²) in [7, 11) is 0. The van der Waals surface area contributed by atoms with Gasteiger partial charge in [0.1, 0.15) is 11.6 Å². The van der Waals surface area contributed by atoms with E-state index < -0.39 is 0 Å². The van der Waals surface area contributed by atoms with Crippen LogP contribution in [0.2, 0.25) is 0 Å². The number of nitrogen functional groups attached to an aromatic ring is 1. The van der Waals surface area contributed by atoms with Gasteiger partial charge in [-0.25, -0.2) is 0 Å². The van der Waals surface area contributed by atoms with Crippen LogP contribution in [0.25, 0.3) is 0 Å². The molecule has 1 aromatic rings. The number of rotatable bonds is 6.